The molecule has 0 bridgehead atoms. The highest BCUT2D eigenvalue weighted by Crippen LogP contribution is 2.24. The summed E-state index contributed by atoms with van der Waals surface area (Å²) in [6.45, 7) is 2.72. The molecule has 0 aliphatic rings. The second-order valence-corrected chi connectivity index (χ2v) is 7.57. The molecule has 0 saturated carbocycles. The lowest BCUT2D eigenvalue weighted by atomic mass is 10.1. The van der Waals surface area contributed by atoms with Gasteiger partial charge in [0.05, 0.1) is 18.2 Å². The Bertz CT molecular complexity index is 1090. The average Bonchev–Trinajstić information content (AvgIpc) is 3.32. The summed E-state index contributed by atoms with van der Waals surface area (Å²) in [6, 6.07) is 6.68. The number of phenols is 2. The SMILES string of the molecule is CCCCOC(=O)NCCCC(NC(=O)c1ccc(O)cc1O)c1nc(-c2ccncc2)n[nH]1. The Hall–Kier alpha value is -4.15. The van der Waals surface area contributed by atoms with E-state index in [0.717, 1.165) is 24.5 Å². The molecule has 180 valence electrons. The van der Waals surface area contributed by atoms with E-state index in [-0.39, 0.29) is 17.1 Å². The summed E-state index contributed by atoms with van der Waals surface area (Å²) in [5.41, 5.74) is 0.768. The zero-order chi connectivity index (χ0) is 24.3. The van der Waals surface area contributed by atoms with Gasteiger partial charge in [-0.15, -0.1) is 0 Å². The van der Waals surface area contributed by atoms with E-state index in [4.69, 9.17) is 4.74 Å². The van der Waals surface area contributed by atoms with Gasteiger partial charge < -0.3 is 25.6 Å². The molecule has 0 fully saturated rings. The Morgan fingerprint density at radius 3 is 2.68 bits per heavy atom. The molecule has 3 rings (SSSR count). The molecule has 0 aliphatic heterocycles. The summed E-state index contributed by atoms with van der Waals surface area (Å²) in [4.78, 5) is 33.0. The van der Waals surface area contributed by atoms with Gasteiger partial charge in [0, 0.05) is 30.6 Å². The number of phenolic OH excluding ortho intramolecular Hbond substituents is 2. The summed E-state index contributed by atoms with van der Waals surface area (Å²) in [5.74, 6) is -0.176. The fraction of sp³-hybridized carbons (Fsp3) is 0.348. The fourth-order valence-corrected chi connectivity index (χ4v) is 3.14. The van der Waals surface area contributed by atoms with Crippen molar-refractivity contribution < 1.29 is 24.5 Å². The van der Waals surface area contributed by atoms with Gasteiger partial charge in [-0.25, -0.2) is 9.78 Å². The number of nitrogens with zero attached hydrogens (tertiary/aromatic N) is 3. The number of ether oxygens (including phenoxy) is 1. The minimum atomic E-state index is -0.582. The Kier molecular flexibility index (Phi) is 8.78. The molecule has 0 radical (unpaired) electrons. The van der Waals surface area contributed by atoms with Gasteiger partial charge in [0.15, 0.2) is 5.82 Å². The molecule has 11 nitrogen and oxygen atoms in total. The van der Waals surface area contributed by atoms with Crippen molar-refractivity contribution in [1.82, 2.24) is 30.8 Å². The zero-order valence-corrected chi connectivity index (χ0v) is 18.8. The number of aromatic hydroxyl groups is 2. The third-order valence-corrected chi connectivity index (χ3v) is 4.97. The molecule has 1 unspecified atom stereocenters. The van der Waals surface area contributed by atoms with Crippen LogP contribution in [0, 0.1) is 0 Å². The van der Waals surface area contributed by atoms with Crippen molar-refractivity contribution in [2.75, 3.05) is 13.2 Å². The highest BCUT2D eigenvalue weighted by Gasteiger charge is 2.22. The van der Waals surface area contributed by atoms with Crippen molar-refractivity contribution in [3.8, 4) is 22.9 Å². The smallest absolute Gasteiger partial charge is 0.407 e. The first kappa shape index (κ1) is 24.5. The number of aromatic nitrogens is 4. The predicted octanol–water partition coefficient (Wildman–Crippen LogP) is 3.06. The number of carbonyl (C=O) groups excluding carboxylic acids is 2. The van der Waals surface area contributed by atoms with Crippen LogP contribution in [0.5, 0.6) is 11.5 Å². The standard InChI is InChI=1S/C23H28N6O5/c1-2-3-13-34-23(33)25-10-4-5-18(26-22(32)17-7-6-16(30)14-19(17)31)21-27-20(28-29-21)15-8-11-24-12-9-15/h6-9,11-12,14,18,30-31H,2-5,10,13H2,1H3,(H,25,33)(H,26,32)(H,27,28,29). The molecule has 34 heavy (non-hydrogen) atoms. The number of pyridine rings is 1. The second-order valence-electron chi connectivity index (χ2n) is 7.57. The number of hydrogen-bond donors (Lipinski definition) is 5. The topological polar surface area (TPSA) is 162 Å². The summed E-state index contributed by atoms with van der Waals surface area (Å²) in [6.07, 6.45) is 5.45. The first-order valence-electron chi connectivity index (χ1n) is 11.0. The third kappa shape index (κ3) is 6.92. The van der Waals surface area contributed by atoms with E-state index in [1.807, 2.05) is 6.92 Å². The molecule has 1 aromatic carbocycles. The van der Waals surface area contributed by atoms with E-state index in [1.54, 1.807) is 24.5 Å². The number of H-pyrrole nitrogens is 1. The number of alkyl carbamates (subject to hydrolysis) is 1. The van der Waals surface area contributed by atoms with Crippen molar-refractivity contribution in [1.29, 1.82) is 0 Å². The lowest BCUT2D eigenvalue weighted by molar-refractivity contribution is 0.0929. The number of benzene rings is 1. The lowest BCUT2D eigenvalue weighted by Crippen LogP contribution is -2.31. The number of nitrogens with one attached hydrogen (secondary N) is 3. The van der Waals surface area contributed by atoms with Gasteiger partial charge in [-0.05, 0) is 43.5 Å². The molecular formula is C23H28N6O5. The fourth-order valence-electron chi connectivity index (χ4n) is 3.14. The predicted molar refractivity (Wildman–Crippen MR) is 123 cm³/mol. The molecule has 5 N–H and O–H groups in total. The van der Waals surface area contributed by atoms with Crippen molar-refractivity contribution in [2.45, 2.75) is 38.6 Å². The van der Waals surface area contributed by atoms with Crippen LogP contribution in [0.15, 0.2) is 42.7 Å². The number of unbranched alkanes of at least 4 members (excludes halogenated alkanes) is 1. The van der Waals surface area contributed by atoms with Crippen LogP contribution < -0.4 is 10.6 Å². The first-order valence-corrected chi connectivity index (χ1v) is 11.0. The van der Waals surface area contributed by atoms with Gasteiger partial charge in [-0.3, -0.25) is 14.9 Å². The van der Waals surface area contributed by atoms with Crippen LogP contribution in [0.4, 0.5) is 4.79 Å². The van der Waals surface area contributed by atoms with Gasteiger partial charge in [0.25, 0.3) is 5.91 Å². The van der Waals surface area contributed by atoms with E-state index >= 15 is 0 Å². The van der Waals surface area contributed by atoms with Gasteiger partial charge in [-0.1, -0.05) is 13.3 Å². The van der Waals surface area contributed by atoms with Gasteiger partial charge >= 0.3 is 6.09 Å². The van der Waals surface area contributed by atoms with Crippen LogP contribution in [0.3, 0.4) is 0 Å². The third-order valence-electron chi connectivity index (χ3n) is 4.97. The second kappa shape index (κ2) is 12.2. The highest BCUT2D eigenvalue weighted by molar-refractivity contribution is 5.97. The minimum Gasteiger partial charge on any atom is -0.508 e. The number of aromatic amines is 1. The van der Waals surface area contributed by atoms with Crippen LogP contribution in [0.1, 0.15) is 54.8 Å². The number of rotatable bonds is 11. The Morgan fingerprint density at radius 2 is 1.94 bits per heavy atom. The van der Waals surface area contributed by atoms with Crippen LogP contribution in [-0.4, -0.2) is 55.5 Å². The molecular weight excluding hydrogens is 440 g/mol. The van der Waals surface area contributed by atoms with Crippen molar-refractivity contribution >= 4 is 12.0 Å². The lowest BCUT2D eigenvalue weighted by Gasteiger charge is -2.17. The number of carbonyl (C=O) groups is 2. The molecule has 2 aromatic heterocycles. The molecule has 3 aromatic rings. The largest absolute Gasteiger partial charge is 0.508 e. The van der Waals surface area contributed by atoms with E-state index in [0.29, 0.717) is 37.6 Å². The van der Waals surface area contributed by atoms with Crippen molar-refractivity contribution in [2.24, 2.45) is 0 Å². The number of hydrogen-bond acceptors (Lipinski definition) is 8. The maximum atomic E-state index is 12.8. The van der Waals surface area contributed by atoms with Crippen molar-refractivity contribution in [3.63, 3.8) is 0 Å². The quantitative estimate of drug-likeness (QED) is 0.268. The molecule has 1 atom stereocenters. The maximum Gasteiger partial charge on any atom is 0.407 e. The minimum absolute atomic E-state index is 0.00861. The summed E-state index contributed by atoms with van der Waals surface area (Å²) >= 11 is 0. The normalized spacial score (nSPS) is 11.6. The Balaban J connectivity index is 1.68. The van der Waals surface area contributed by atoms with Crippen LogP contribution in [0.25, 0.3) is 11.4 Å². The van der Waals surface area contributed by atoms with E-state index in [2.05, 4.69) is 30.8 Å². The summed E-state index contributed by atoms with van der Waals surface area (Å²) in [5, 5.41) is 32.1. The number of amides is 2. The molecule has 0 saturated heterocycles. The van der Waals surface area contributed by atoms with Crippen LogP contribution in [-0.2, 0) is 4.74 Å². The van der Waals surface area contributed by atoms with Crippen molar-refractivity contribution in [3.05, 3.63) is 54.1 Å². The monoisotopic (exact) mass is 468 g/mol. The molecule has 0 aliphatic carbocycles. The maximum absolute atomic E-state index is 12.8. The Morgan fingerprint density at radius 1 is 1.15 bits per heavy atom. The van der Waals surface area contributed by atoms with E-state index < -0.39 is 18.0 Å². The Labute approximate surface area is 196 Å². The van der Waals surface area contributed by atoms with Gasteiger partial charge in [0.1, 0.15) is 17.3 Å². The summed E-state index contributed by atoms with van der Waals surface area (Å²) < 4.78 is 5.07. The van der Waals surface area contributed by atoms with Gasteiger partial charge in [-0.2, -0.15) is 5.10 Å². The van der Waals surface area contributed by atoms with E-state index in [1.165, 1.54) is 12.1 Å². The van der Waals surface area contributed by atoms with E-state index in [9.17, 15) is 19.8 Å². The zero-order valence-electron chi connectivity index (χ0n) is 18.8. The molecule has 11 heteroatoms. The summed E-state index contributed by atoms with van der Waals surface area (Å²) in [7, 11) is 0. The molecule has 0 spiro atoms. The average molecular weight is 469 g/mol. The molecule has 2 amide bonds. The first-order chi connectivity index (χ1) is 16.5. The van der Waals surface area contributed by atoms with Gasteiger partial charge in [0.2, 0.25) is 0 Å². The van der Waals surface area contributed by atoms with Crippen LogP contribution >= 0.6 is 0 Å². The highest BCUT2D eigenvalue weighted by atomic mass is 16.5. The van der Waals surface area contributed by atoms with Crippen LogP contribution in [0.2, 0.25) is 0 Å². The molecule has 2 heterocycles.